The van der Waals surface area contributed by atoms with Gasteiger partial charge in [0.25, 0.3) is 6.71 Å². The van der Waals surface area contributed by atoms with Gasteiger partial charge in [-0.2, -0.15) is 0 Å². The molecule has 2 aliphatic rings. The van der Waals surface area contributed by atoms with Crippen LogP contribution >= 0.6 is 0 Å². The molecule has 0 spiro atoms. The van der Waals surface area contributed by atoms with Gasteiger partial charge in [0.2, 0.25) is 0 Å². The predicted molar refractivity (Wildman–Crippen MR) is 575 cm³/mol. The molecule has 0 saturated heterocycles. The van der Waals surface area contributed by atoms with Crippen LogP contribution < -0.4 is 31.1 Å². The highest BCUT2D eigenvalue weighted by Gasteiger charge is 2.44. The summed E-state index contributed by atoms with van der Waals surface area (Å²) >= 11 is 0. The van der Waals surface area contributed by atoms with E-state index < -0.39 is 30.2 Å². The van der Waals surface area contributed by atoms with Crippen LogP contribution in [0.25, 0.3) is 116 Å². The van der Waals surface area contributed by atoms with E-state index in [-0.39, 0.29) is 70.2 Å². The third-order valence-electron chi connectivity index (χ3n) is 28.3. The molecule has 3 aromatic heterocycles. The minimum atomic E-state index is -0.519. The smallest absolute Gasteiger partial charge is 0.252 e. The molecule has 0 N–H and O–H groups in total. The largest absolute Gasteiger partial charge is 0.340 e. The molecule has 2 aliphatic heterocycles. The third-order valence-corrected chi connectivity index (χ3v) is 28.3. The van der Waals surface area contributed by atoms with Crippen LogP contribution in [0, 0.1) is 0 Å². The quantitative estimate of drug-likeness (QED) is 0.0850. The molecule has 0 bridgehead atoms. The number of hydrogen-bond acceptors (Lipinski definition) is 3. The molecule has 658 valence electrons. The lowest BCUT2D eigenvalue weighted by molar-refractivity contribution is 0.590. The van der Waals surface area contributed by atoms with Crippen LogP contribution in [0.5, 0.6) is 0 Å². The van der Waals surface area contributed by atoms with Crippen LogP contribution in [0.4, 0.5) is 39.8 Å². The molecule has 22 rings (SSSR count). The SMILES string of the molecule is [2H]c1c([2H])c([2H])c(N(c2ccccc2)c2ccc3c(c2)c2c([2H])c([2H])c([2H])c([2H])c2n3CCc2cc3c4c(c2)N(Cc2c(-c5ccccc5)cc(C(C)(C)C)cc2-c2ccccc2)c2cc(Cn5c6ccc(C(C)(C)C)cc6c6cc(C(C)(C)C)ccc65)ccc2B4c2ccc(-n4c5ccc(C(C)(C)C)cc5c5cc(C(C)(C)C)ccc54)cc2N3Cc2cc(-c3ccccc3)cc(-c3ccccc3)c2)c([2H])c1[2H]. The van der Waals surface area contributed by atoms with Gasteiger partial charge in [0.15, 0.2) is 0 Å². The Morgan fingerprint density at radius 3 is 1.22 bits per heavy atom. The van der Waals surface area contributed by atoms with Crippen LogP contribution in [-0.2, 0) is 59.7 Å². The number of aryl methyl sites for hydroxylation is 2. The van der Waals surface area contributed by atoms with Gasteiger partial charge in [-0.15, -0.1) is 0 Å². The average molecular weight is 1750 g/mol. The summed E-state index contributed by atoms with van der Waals surface area (Å²) in [5.41, 5.74) is 33.9. The van der Waals surface area contributed by atoms with E-state index in [0.717, 1.165) is 117 Å². The van der Waals surface area contributed by atoms with Gasteiger partial charge in [0, 0.05) is 126 Å². The van der Waals surface area contributed by atoms with Crippen molar-refractivity contribution >= 4 is 128 Å². The van der Waals surface area contributed by atoms with E-state index in [1.807, 2.05) is 48.5 Å². The van der Waals surface area contributed by atoms with Crippen LogP contribution in [0.15, 0.2) is 376 Å². The van der Waals surface area contributed by atoms with Crippen molar-refractivity contribution in [3.05, 3.63) is 426 Å². The molecular formula is C127H117BN6. The normalized spacial score (nSPS) is 13.9. The molecule has 6 nitrogen and oxygen atoms in total. The molecule has 17 aromatic carbocycles. The minimum absolute atomic E-state index is 0.0645. The van der Waals surface area contributed by atoms with Crippen LogP contribution in [0.1, 0.15) is 166 Å². The number of anilines is 7. The molecule has 0 fully saturated rings. The predicted octanol–water partition coefficient (Wildman–Crippen LogP) is 31.7. The van der Waals surface area contributed by atoms with Crippen molar-refractivity contribution in [2.75, 3.05) is 14.7 Å². The molecule has 0 radical (unpaired) electrons. The second-order valence-electron chi connectivity index (χ2n) is 42.3. The Morgan fingerprint density at radius 2 is 0.701 bits per heavy atom. The van der Waals surface area contributed by atoms with E-state index >= 15 is 0 Å². The van der Waals surface area contributed by atoms with Crippen molar-refractivity contribution in [2.24, 2.45) is 0 Å². The molecule has 7 heteroatoms. The number of aromatic nitrogens is 3. The maximum absolute atomic E-state index is 10.2. The first-order chi connectivity index (χ1) is 68.3. The summed E-state index contributed by atoms with van der Waals surface area (Å²) in [6.07, 6.45) is 0.358. The van der Waals surface area contributed by atoms with Gasteiger partial charge in [-0.1, -0.05) is 334 Å². The van der Waals surface area contributed by atoms with E-state index in [9.17, 15) is 8.22 Å². The Morgan fingerprint density at radius 1 is 0.276 bits per heavy atom. The first-order valence-electron chi connectivity index (χ1n) is 51.9. The highest BCUT2D eigenvalue weighted by atomic mass is 15.2. The van der Waals surface area contributed by atoms with Crippen molar-refractivity contribution in [2.45, 2.75) is 164 Å². The van der Waals surface area contributed by atoms with Crippen molar-refractivity contribution in [3.8, 4) is 50.2 Å². The van der Waals surface area contributed by atoms with Crippen molar-refractivity contribution in [1.29, 1.82) is 0 Å². The Bertz CT molecular complexity index is 8270. The topological polar surface area (TPSA) is 24.5 Å². The molecule has 134 heavy (non-hydrogen) atoms. The van der Waals surface area contributed by atoms with Crippen LogP contribution in [-0.4, -0.2) is 20.4 Å². The van der Waals surface area contributed by atoms with E-state index in [1.165, 1.54) is 65.9 Å². The standard InChI is InChI=1S/C127H117BN6/c1-123(2,3)92-51-59-114-104(72-92)105-73-93(124(4,5)6)52-60-115(105)130(114)80-84-50-57-110-118(70-84)132(82-109-102(88-40-26-18-27-41-88)76-96(127(13,14)15)77-103(109)89-42-28-19-29-43-89)121-69-83(64-65-129-112-49-35-34-48-101(112)108-78-99(56-63-113(108)129)133(97-44-30-20-31-45-97)98-46-32-21-33-47-98)68-120-122(121)128(110)111-58-55-100(134-116-61-53-94(125(7,8)9)74-106(116)107-75-95(126(10,11)12)54-62-117(107)134)79-119(111)131(120)81-85-66-90(86-36-22-16-23-37-86)71-91(67-85)87-38-24-17-25-39-87/h16-63,66-79H,64-65,80-82H2,1-15H3/i20D,30D,31D,34D,35D,44D,45D,48D,49D. The summed E-state index contributed by atoms with van der Waals surface area (Å²) < 4.78 is 92.0. The van der Waals surface area contributed by atoms with E-state index in [0.29, 0.717) is 59.2 Å². The number of fused-ring (bicyclic) bond motifs is 13. The first-order valence-corrected chi connectivity index (χ1v) is 47.4. The molecule has 0 aliphatic carbocycles. The van der Waals surface area contributed by atoms with Crippen LogP contribution in [0.2, 0.25) is 0 Å². The average Bonchev–Trinajstić information content (AvgIpc) is 1.06. The fraction of sp³-hybridized carbons (Fsp3) is 0.197. The number of rotatable bonds is 17. The second-order valence-corrected chi connectivity index (χ2v) is 42.3. The lowest BCUT2D eigenvalue weighted by atomic mass is 9.33. The number of benzene rings is 17. The summed E-state index contributed by atoms with van der Waals surface area (Å²) in [5.74, 6) is 0. The highest BCUT2D eigenvalue weighted by molar-refractivity contribution is 7.00. The molecule has 0 amide bonds. The van der Waals surface area contributed by atoms with Gasteiger partial charge in [-0.25, -0.2) is 0 Å². The van der Waals surface area contributed by atoms with Gasteiger partial charge in [-0.05, 0) is 290 Å². The summed E-state index contributed by atoms with van der Waals surface area (Å²) in [4.78, 5) is 6.96. The van der Waals surface area contributed by atoms with E-state index in [4.69, 9.17) is 4.11 Å². The van der Waals surface area contributed by atoms with Gasteiger partial charge in [0.05, 0.1) is 23.4 Å². The Kier molecular flexibility index (Phi) is 18.4. The summed E-state index contributed by atoms with van der Waals surface area (Å²) in [6.45, 7) is 35.9. The fourth-order valence-electron chi connectivity index (χ4n) is 21.1. The minimum Gasteiger partial charge on any atom is -0.340 e. The summed E-state index contributed by atoms with van der Waals surface area (Å²) in [7, 11) is 0. The number of hydrogen-bond donors (Lipinski definition) is 0. The zero-order valence-corrected chi connectivity index (χ0v) is 79.4. The third kappa shape index (κ3) is 15.4. The fourth-order valence-corrected chi connectivity index (χ4v) is 21.1. The van der Waals surface area contributed by atoms with Crippen molar-refractivity contribution in [1.82, 2.24) is 13.7 Å². The van der Waals surface area contributed by atoms with Gasteiger partial charge in [-0.3, -0.25) is 0 Å². The summed E-state index contributed by atoms with van der Waals surface area (Å²) in [5, 5.41) is 5.66. The highest BCUT2D eigenvalue weighted by Crippen LogP contribution is 2.49. The van der Waals surface area contributed by atoms with Gasteiger partial charge < -0.3 is 28.4 Å². The zero-order chi connectivity index (χ0) is 99.8. The van der Waals surface area contributed by atoms with Gasteiger partial charge >= 0.3 is 0 Å². The maximum Gasteiger partial charge on any atom is 0.252 e. The van der Waals surface area contributed by atoms with Crippen molar-refractivity contribution in [3.63, 3.8) is 0 Å². The van der Waals surface area contributed by atoms with Crippen molar-refractivity contribution < 1.29 is 12.3 Å². The molecule has 20 aromatic rings. The lowest BCUT2D eigenvalue weighted by Crippen LogP contribution is -2.62. The van der Waals surface area contributed by atoms with E-state index in [2.05, 4.69) is 400 Å². The molecule has 0 unspecified atom stereocenters. The zero-order valence-electron chi connectivity index (χ0n) is 88.4. The first kappa shape index (κ1) is 75.2. The number of nitrogens with zero attached hydrogens (tertiary/aromatic N) is 6. The number of para-hydroxylation sites is 3. The maximum atomic E-state index is 10.2. The van der Waals surface area contributed by atoms with E-state index in [1.54, 1.807) is 4.90 Å². The second kappa shape index (κ2) is 32.8. The summed E-state index contributed by atoms with van der Waals surface area (Å²) in [6, 6.07) is 115. The Balaban J connectivity index is 0.840. The Hall–Kier alpha value is -14.4. The molecule has 5 heterocycles. The Labute approximate surface area is 803 Å². The molecule has 0 atom stereocenters. The molecule has 0 saturated carbocycles. The van der Waals surface area contributed by atoms with Crippen LogP contribution in [0.3, 0.4) is 0 Å². The molecular weight excluding hydrogens is 1620 g/mol. The monoisotopic (exact) mass is 1750 g/mol. The van der Waals surface area contributed by atoms with Gasteiger partial charge in [0.1, 0.15) is 0 Å². The lowest BCUT2D eigenvalue weighted by Gasteiger charge is -2.45.